The molecule has 260 valence electrons. The Morgan fingerprint density at radius 1 is 0.956 bits per heavy atom. The summed E-state index contributed by atoms with van der Waals surface area (Å²) in [6.07, 6.45) is -6.34. The van der Waals surface area contributed by atoms with Crippen molar-refractivity contribution in [2.75, 3.05) is 27.2 Å². The molecule has 3 fully saturated rings. The number of carboxylic acid groups (broad SMARTS) is 1. The minimum Gasteiger partial charge on any atom is -0.481 e. The topological polar surface area (TPSA) is 251 Å². The maximum Gasteiger partial charge on any atom is 0.300 e. The molecule has 0 spiro atoms. The van der Waals surface area contributed by atoms with Gasteiger partial charge >= 0.3 is 0 Å². The van der Waals surface area contributed by atoms with Gasteiger partial charge in [-0.1, -0.05) is 0 Å². The van der Waals surface area contributed by atoms with Crippen molar-refractivity contribution in [3.8, 4) is 0 Å². The zero-order chi connectivity index (χ0) is 34.2. The first-order valence-corrected chi connectivity index (χ1v) is 14.9. The second-order valence-corrected chi connectivity index (χ2v) is 12.1. The van der Waals surface area contributed by atoms with Crippen molar-refractivity contribution in [2.24, 2.45) is 5.73 Å². The number of likely N-dealkylation sites (N-methyl/N-ethyl adjacent to an activating group) is 2. The summed E-state index contributed by atoms with van der Waals surface area (Å²) >= 11 is 0. The van der Waals surface area contributed by atoms with Crippen LogP contribution in [-0.4, -0.2) is 149 Å². The van der Waals surface area contributed by atoms with E-state index in [0.29, 0.717) is 19.4 Å². The fourth-order valence-electron chi connectivity index (χ4n) is 5.82. The van der Waals surface area contributed by atoms with E-state index in [1.807, 2.05) is 0 Å². The van der Waals surface area contributed by atoms with Crippen LogP contribution in [0.1, 0.15) is 53.9 Å². The van der Waals surface area contributed by atoms with Gasteiger partial charge in [0.05, 0.1) is 30.8 Å². The van der Waals surface area contributed by atoms with Gasteiger partial charge in [0.2, 0.25) is 17.7 Å². The third-order valence-electron chi connectivity index (χ3n) is 7.99. The maximum absolute atomic E-state index is 12.1. The first-order valence-electron chi connectivity index (χ1n) is 14.9. The third-order valence-corrected chi connectivity index (χ3v) is 7.99. The van der Waals surface area contributed by atoms with E-state index in [2.05, 4.69) is 16.0 Å². The van der Waals surface area contributed by atoms with Crippen molar-refractivity contribution in [3.63, 3.8) is 0 Å². The summed E-state index contributed by atoms with van der Waals surface area (Å²) in [5, 5.41) is 48.8. The number of aliphatic hydroxyl groups is 3. The number of carbonyl (C=O) groups excluding carboxylic acids is 3. The average Bonchev–Trinajstić information content (AvgIpc) is 2.90. The molecule has 0 radical (unpaired) electrons. The number of amides is 3. The lowest BCUT2D eigenvalue weighted by molar-refractivity contribution is -0.308. The van der Waals surface area contributed by atoms with Gasteiger partial charge in [-0.05, 0) is 33.2 Å². The monoisotopic (exact) mass is 649 g/mol. The number of hydrogen-bond acceptors (Lipinski definition) is 13. The van der Waals surface area contributed by atoms with Crippen LogP contribution in [0.2, 0.25) is 0 Å². The third kappa shape index (κ3) is 11.1. The number of nitrogens with two attached hydrogens (primary N) is 1. The van der Waals surface area contributed by atoms with Crippen LogP contribution >= 0.6 is 0 Å². The predicted molar refractivity (Wildman–Crippen MR) is 157 cm³/mol. The first-order chi connectivity index (χ1) is 20.9. The fraction of sp³-hybridized carbons (Fsp3) is 0.857. The maximum atomic E-state index is 12.1. The standard InChI is InChI=1S/C26H47N5O10.C2H4O2/c1-12(32)29-17-8-7-15(10-31(6)14(3)34)39-24(17)41-22-18(30-13(2)33)9-16(27)21(19(22)35)40-25-20(36)23(28-5)26(4,37)11-38-25;1-2(3)4/h15-25,28,35-37H,7-11,27H2,1-6H3,(H,29,32)(H,30,33);1H3,(H,3,4)/t15-,16+,17+,18-,19+,20+,21-,22+,23+,24+,25+,26-;/m0./s1. The Bertz CT molecular complexity index is 1010. The van der Waals surface area contributed by atoms with Crippen LogP contribution in [0.4, 0.5) is 0 Å². The Morgan fingerprint density at radius 3 is 2.04 bits per heavy atom. The zero-order valence-corrected chi connectivity index (χ0v) is 27.0. The normalized spacial score (nSPS) is 38.2. The summed E-state index contributed by atoms with van der Waals surface area (Å²) in [5.74, 6) is -1.63. The van der Waals surface area contributed by atoms with Gasteiger partial charge in [0.1, 0.15) is 30.0 Å². The molecule has 45 heavy (non-hydrogen) atoms. The van der Waals surface area contributed by atoms with E-state index in [-0.39, 0.29) is 30.7 Å². The number of ether oxygens (including phenoxy) is 4. The van der Waals surface area contributed by atoms with Crippen LogP contribution in [0.3, 0.4) is 0 Å². The van der Waals surface area contributed by atoms with Gasteiger partial charge in [0.25, 0.3) is 5.97 Å². The summed E-state index contributed by atoms with van der Waals surface area (Å²) in [6, 6.07) is -2.87. The Kier molecular flexibility index (Phi) is 14.5. The highest BCUT2D eigenvalue weighted by molar-refractivity contribution is 5.74. The van der Waals surface area contributed by atoms with Gasteiger partial charge in [-0.25, -0.2) is 0 Å². The van der Waals surface area contributed by atoms with Gasteiger partial charge < -0.3 is 66.0 Å². The van der Waals surface area contributed by atoms with Gasteiger partial charge in [0, 0.05) is 47.3 Å². The molecule has 17 heteroatoms. The summed E-state index contributed by atoms with van der Waals surface area (Å²) in [4.78, 5) is 46.3. The van der Waals surface area contributed by atoms with E-state index in [1.54, 1.807) is 14.1 Å². The number of hydrogen-bond donors (Lipinski definition) is 8. The SMILES string of the molecule is CC(=O)O.CN[C@@H]1[C@@H](O)[C@@H](O[C@@H]2[C@@H](O)[C@H](O[C@H]3O[C@H](CN(C)C(C)=O)CC[C@H]3NC(C)=O)[C@@H](NC(C)=O)C[C@H]2N)OC[C@]1(C)O. The van der Waals surface area contributed by atoms with Crippen LogP contribution in [0.25, 0.3) is 0 Å². The molecule has 1 saturated carbocycles. The Hall–Kier alpha value is -2.48. The second kappa shape index (κ2) is 16.9. The minimum atomic E-state index is -1.41. The molecule has 0 unspecified atom stereocenters. The molecule has 17 nitrogen and oxygen atoms in total. The molecule has 3 amide bonds. The van der Waals surface area contributed by atoms with Crippen LogP contribution in [0.15, 0.2) is 0 Å². The predicted octanol–water partition coefficient (Wildman–Crippen LogP) is -3.01. The summed E-state index contributed by atoms with van der Waals surface area (Å²) in [5.41, 5.74) is 5.03. The van der Waals surface area contributed by atoms with Crippen molar-refractivity contribution < 1.29 is 58.6 Å². The van der Waals surface area contributed by atoms with Gasteiger partial charge in [-0.15, -0.1) is 0 Å². The number of nitrogens with zero attached hydrogens (tertiary/aromatic N) is 1. The van der Waals surface area contributed by atoms with Crippen LogP contribution in [0, 0.1) is 0 Å². The molecule has 2 heterocycles. The van der Waals surface area contributed by atoms with Gasteiger partial charge in [-0.2, -0.15) is 0 Å². The minimum absolute atomic E-state index is 0.133. The highest BCUT2D eigenvalue weighted by atomic mass is 16.7. The number of carbonyl (C=O) groups is 4. The number of carboxylic acids is 1. The summed E-state index contributed by atoms with van der Waals surface area (Å²) < 4.78 is 24.1. The summed E-state index contributed by atoms with van der Waals surface area (Å²) in [7, 11) is 3.24. The number of aliphatic carboxylic acids is 1. The van der Waals surface area contributed by atoms with E-state index < -0.39 is 78.8 Å². The highest BCUT2D eigenvalue weighted by Gasteiger charge is 2.51. The van der Waals surface area contributed by atoms with Gasteiger partial charge in [0.15, 0.2) is 12.6 Å². The molecule has 12 atom stereocenters. The second-order valence-electron chi connectivity index (χ2n) is 12.1. The Morgan fingerprint density at radius 2 is 1.51 bits per heavy atom. The molecule has 3 rings (SSSR count). The molecule has 0 aromatic carbocycles. The van der Waals surface area contributed by atoms with Crippen molar-refractivity contribution in [1.82, 2.24) is 20.9 Å². The molecule has 0 aromatic heterocycles. The van der Waals surface area contributed by atoms with Crippen molar-refractivity contribution in [2.45, 2.75) is 127 Å². The molecule has 0 aromatic rings. The smallest absolute Gasteiger partial charge is 0.300 e. The lowest BCUT2D eigenvalue weighted by atomic mass is 9.83. The molecule has 3 aliphatic rings. The van der Waals surface area contributed by atoms with Crippen molar-refractivity contribution in [3.05, 3.63) is 0 Å². The number of nitrogens with one attached hydrogen (secondary N) is 3. The molecular formula is C28H51N5O12. The fourth-order valence-corrected chi connectivity index (χ4v) is 5.82. The van der Waals surface area contributed by atoms with Crippen LogP contribution < -0.4 is 21.7 Å². The summed E-state index contributed by atoms with van der Waals surface area (Å²) in [6.45, 7) is 6.91. The van der Waals surface area contributed by atoms with Crippen LogP contribution in [0.5, 0.6) is 0 Å². The van der Waals surface area contributed by atoms with E-state index in [0.717, 1.165) is 6.92 Å². The average molecular weight is 650 g/mol. The van der Waals surface area contributed by atoms with Gasteiger partial charge in [-0.3, -0.25) is 19.2 Å². The largest absolute Gasteiger partial charge is 0.481 e. The van der Waals surface area contributed by atoms with Crippen molar-refractivity contribution in [1.29, 1.82) is 0 Å². The lowest BCUT2D eigenvalue weighted by Gasteiger charge is -2.49. The Labute approximate surface area is 263 Å². The van der Waals surface area contributed by atoms with E-state index in [9.17, 15) is 29.7 Å². The molecule has 0 bridgehead atoms. The molecule has 2 aliphatic heterocycles. The van der Waals surface area contributed by atoms with E-state index >= 15 is 0 Å². The highest BCUT2D eigenvalue weighted by Crippen LogP contribution is 2.32. The first kappa shape index (κ1) is 38.7. The van der Waals surface area contributed by atoms with Crippen molar-refractivity contribution >= 4 is 23.7 Å². The molecule has 9 N–H and O–H groups in total. The molecule has 1 aliphatic carbocycles. The quantitative estimate of drug-likeness (QED) is 0.124. The Balaban J connectivity index is 0.00000166. The molecular weight excluding hydrogens is 598 g/mol. The zero-order valence-electron chi connectivity index (χ0n) is 27.0. The molecule has 2 saturated heterocycles. The lowest BCUT2D eigenvalue weighted by Crippen LogP contribution is -2.69. The van der Waals surface area contributed by atoms with E-state index in [4.69, 9.17) is 34.6 Å². The van der Waals surface area contributed by atoms with Crippen LogP contribution in [-0.2, 0) is 38.1 Å². The van der Waals surface area contributed by atoms with E-state index in [1.165, 1.54) is 32.6 Å². The number of aliphatic hydroxyl groups excluding tert-OH is 2. The number of rotatable bonds is 9.